The van der Waals surface area contributed by atoms with Crippen LogP contribution in [-0.2, 0) is 30.3 Å². The van der Waals surface area contributed by atoms with Crippen LogP contribution in [0, 0.1) is 0 Å². The van der Waals surface area contributed by atoms with E-state index < -0.39 is 24.0 Å². The molecule has 0 fully saturated rings. The van der Waals surface area contributed by atoms with Crippen molar-refractivity contribution in [1.82, 2.24) is 0 Å². The van der Waals surface area contributed by atoms with E-state index in [0.29, 0.717) is 17.9 Å². The van der Waals surface area contributed by atoms with Crippen molar-refractivity contribution in [2.75, 3.05) is 13.7 Å². The highest BCUT2D eigenvalue weighted by Gasteiger charge is 2.17. The van der Waals surface area contributed by atoms with Gasteiger partial charge < -0.3 is 18.9 Å². The van der Waals surface area contributed by atoms with Gasteiger partial charge in [0.2, 0.25) is 0 Å². The molecule has 0 aliphatic heterocycles. The Morgan fingerprint density at radius 3 is 2.22 bits per heavy atom. The van der Waals surface area contributed by atoms with Crippen LogP contribution in [0.2, 0.25) is 0 Å². The lowest BCUT2D eigenvalue weighted by Crippen LogP contribution is -2.26. The third kappa shape index (κ3) is 6.82. The summed E-state index contributed by atoms with van der Waals surface area (Å²) in [4.78, 5) is 33.1. The van der Waals surface area contributed by atoms with Gasteiger partial charge in [0.1, 0.15) is 12.7 Å². The first kappa shape index (κ1) is 18.5. The first-order valence-electron chi connectivity index (χ1n) is 6.97. The van der Waals surface area contributed by atoms with Crippen molar-refractivity contribution in [3.05, 3.63) is 23.8 Å². The maximum Gasteiger partial charge on any atom is 0.308 e. The quantitative estimate of drug-likeness (QED) is 0.556. The Kier molecular flexibility index (Phi) is 7.05. The SMILES string of the molecule is COc1cc(CC(COC(C)=O)OC(C)=O)ccc1OC(C)=O. The molecule has 0 heterocycles. The van der Waals surface area contributed by atoms with E-state index in [1.165, 1.54) is 27.9 Å². The first-order chi connectivity index (χ1) is 10.8. The fourth-order valence-electron chi connectivity index (χ4n) is 1.92. The predicted molar refractivity (Wildman–Crippen MR) is 80.2 cm³/mol. The monoisotopic (exact) mass is 324 g/mol. The fraction of sp³-hybridized carbons (Fsp3) is 0.438. The summed E-state index contributed by atoms with van der Waals surface area (Å²) in [6, 6.07) is 4.97. The average molecular weight is 324 g/mol. The van der Waals surface area contributed by atoms with Crippen LogP contribution in [0.3, 0.4) is 0 Å². The zero-order valence-electron chi connectivity index (χ0n) is 13.6. The van der Waals surface area contributed by atoms with Crippen molar-refractivity contribution in [3.8, 4) is 11.5 Å². The standard InChI is InChI=1S/C16H20O7/c1-10(17)21-9-14(22-11(2)18)7-13-5-6-15(23-12(3)19)16(8-13)20-4/h5-6,8,14H,7,9H2,1-4H3. The van der Waals surface area contributed by atoms with E-state index in [4.69, 9.17) is 18.9 Å². The summed E-state index contributed by atoms with van der Waals surface area (Å²) in [5.41, 5.74) is 0.774. The number of ether oxygens (including phenoxy) is 4. The van der Waals surface area contributed by atoms with Crippen LogP contribution in [-0.4, -0.2) is 37.7 Å². The van der Waals surface area contributed by atoms with Gasteiger partial charge >= 0.3 is 17.9 Å². The third-order valence-corrected chi connectivity index (χ3v) is 2.75. The summed E-state index contributed by atoms with van der Waals surface area (Å²) < 4.78 is 20.2. The highest BCUT2D eigenvalue weighted by atomic mass is 16.6. The summed E-state index contributed by atoms with van der Waals surface area (Å²) in [5, 5.41) is 0. The molecule has 7 nitrogen and oxygen atoms in total. The summed E-state index contributed by atoms with van der Waals surface area (Å²) >= 11 is 0. The Hall–Kier alpha value is -2.57. The van der Waals surface area contributed by atoms with Crippen LogP contribution in [0.15, 0.2) is 18.2 Å². The molecular weight excluding hydrogens is 304 g/mol. The smallest absolute Gasteiger partial charge is 0.308 e. The largest absolute Gasteiger partial charge is 0.493 e. The molecule has 1 aromatic carbocycles. The number of hydrogen-bond acceptors (Lipinski definition) is 7. The van der Waals surface area contributed by atoms with E-state index in [1.807, 2.05) is 0 Å². The van der Waals surface area contributed by atoms with E-state index in [1.54, 1.807) is 18.2 Å². The molecule has 23 heavy (non-hydrogen) atoms. The summed E-state index contributed by atoms with van der Waals surface area (Å²) in [6.07, 6.45) is -0.287. The van der Waals surface area contributed by atoms with Crippen molar-refractivity contribution in [2.45, 2.75) is 33.3 Å². The fourth-order valence-corrected chi connectivity index (χ4v) is 1.92. The lowest BCUT2D eigenvalue weighted by molar-refractivity contribution is -0.156. The van der Waals surface area contributed by atoms with Gasteiger partial charge in [-0.15, -0.1) is 0 Å². The van der Waals surface area contributed by atoms with Gasteiger partial charge in [-0.1, -0.05) is 6.07 Å². The number of hydrogen-bond donors (Lipinski definition) is 0. The predicted octanol–water partition coefficient (Wildman–Crippen LogP) is 1.66. The summed E-state index contributed by atoms with van der Waals surface area (Å²) in [5.74, 6) is -0.696. The molecule has 0 aliphatic rings. The zero-order chi connectivity index (χ0) is 17.4. The molecule has 1 atom stereocenters. The van der Waals surface area contributed by atoms with Crippen LogP contribution < -0.4 is 9.47 Å². The van der Waals surface area contributed by atoms with Gasteiger partial charge in [-0.05, 0) is 17.7 Å². The van der Waals surface area contributed by atoms with E-state index in [-0.39, 0.29) is 6.61 Å². The normalized spacial score (nSPS) is 11.3. The lowest BCUT2D eigenvalue weighted by atomic mass is 10.1. The van der Waals surface area contributed by atoms with Crippen LogP contribution in [0.5, 0.6) is 11.5 Å². The lowest BCUT2D eigenvalue weighted by Gasteiger charge is -2.17. The molecule has 1 aromatic rings. The molecule has 0 N–H and O–H groups in total. The molecule has 0 saturated heterocycles. The number of carbonyl (C=O) groups excluding carboxylic acids is 3. The first-order valence-corrected chi connectivity index (χ1v) is 6.97. The molecule has 1 rings (SSSR count). The molecule has 0 spiro atoms. The van der Waals surface area contributed by atoms with Crippen LogP contribution in [0.1, 0.15) is 26.3 Å². The van der Waals surface area contributed by atoms with Crippen molar-refractivity contribution in [2.24, 2.45) is 0 Å². The van der Waals surface area contributed by atoms with E-state index in [2.05, 4.69) is 0 Å². The zero-order valence-corrected chi connectivity index (χ0v) is 13.6. The second kappa shape index (κ2) is 8.77. The number of methoxy groups -OCH3 is 1. The van der Waals surface area contributed by atoms with Crippen molar-refractivity contribution in [1.29, 1.82) is 0 Å². The van der Waals surface area contributed by atoms with E-state index in [9.17, 15) is 14.4 Å². The highest BCUT2D eigenvalue weighted by molar-refractivity contribution is 5.70. The van der Waals surface area contributed by atoms with E-state index >= 15 is 0 Å². The Morgan fingerprint density at radius 2 is 1.70 bits per heavy atom. The minimum Gasteiger partial charge on any atom is -0.493 e. The van der Waals surface area contributed by atoms with Gasteiger partial charge in [0, 0.05) is 27.2 Å². The second-order valence-corrected chi connectivity index (χ2v) is 4.82. The Bertz CT molecular complexity index is 580. The Labute approximate surface area is 134 Å². The highest BCUT2D eigenvalue weighted by Crippen LogP contribution is 2.28. The summed E-state index contributed by atoms with van der Waals surface area (Å²) in [6.45, 7) is 3.82. The van der Waals surface area contributed by atoms with Crippen LogP contribution in [0.4, 0.5) is 0 Å². The maximum absolute atomic E-state index is 11.1. The summed E-state index contributed by atoms with van der Waals surface area (Å²) in [7, 11) is 1.45. The third-order valence-electron chi connectivity index (χ3n) is 2.75. The van der Waals surface area contributed by atoms with Gasteiger partial charge in [-0.3, -0.25) is 14.4 Å². The van der Waals surface area contributed by atoms with E-state index in [0.717, 1.165) is 5.56 Å². The van der Waals surface area contributed by atoms with Gasteiger partial charge in [0.15, 0.2) is 11.5 Å². The van der Waals surface area contributed by atoms with Gasteiger partial charge in [-0.2, -0.15) is 0 Å². The van der Waals surface area contributed by atoms with Gasteiger partial charge in [0.25, 0.3) is 0 Å². The van der Waals surface area contributed by atoms with Crippen LogP contribution in [0.25, 0.3) is 0 Å². The molecule has 0 bridgehead atoms. The molecule has 7 heteroatoms. The minimum absolute atomic E-state index is 0.0388. The van der Waals surface area contributed by atoms with Gasteiger partial charge in [-0.25, -0.2) is 0 Å². The van der Waals surface area contributed by atoms with Crippen LogP contribution >= 0.6 is 0 Å². The van der Waals surface area contributed by atoms with Crippen molar-refractivity contribution >= 4 is 17.9 Å². The molecule has 0 aliphatic carbocycles. The van der Waals surface area contributed by atoms with Crippen molar-refractivity contribution < 1.29 is 33.3 Å². The van der Waals surface area contributed by atoms with Gasteiger partial charge in [0.05, 0.1) is 7.11 Å². The minimum atomic E-state index is -0.610. The number of esters is 3. The molecule has 0 aromatic heterocycles. The number of carbonyl (C=O) groups is 3. The van der Waals surface area contributed by atoms with Crippen molar-refractivity contribution in [3.63, 3.8) is 0 Å². The number of rotatable bonds is 7. The maximum atomic E-state index is 11.1. The Morgan fingerprint density at radius 1 is 1.00 bits per heavy atom. The molecule has 1 unspecified atom stereocenters. The molecular formula is C16H20O7. The topological polar surface area (TPSA) is 88.1 Å². The second-order valence-electron chi connectivity index (χ2n) is 4.82. The molecule has 0 saturated carbocycles. The average Bonchev–Trinajstić information content (AvgIpc) is 2.45. The molecule has 126 valence electrons. The molecule has 0 amide bonds. The number of benzene rings is 1. The molecule has 0 radical (unpaired) electrons. The Balaban J connectivity index is 2.87.